The van der Waals surface area contributed by atoms with Gasteiger partial charge in [-0.3, -0.25) is 9.59 Å². The Labute approximate surface area is 83.6 Å². The number of rotatable bonds is 2. The van der Waals surface area contributed by atoms with Gasteiger partial charge in [-0.1, -0.05) is 6.92 Å². The van der Waals surface area contributed by atoms with Crippen LogP contribution in [0.25, 0.3) is 0 Å². The Morgan fingerprint density at radius 1 is 1.50 bits per heavy atom. The molecule has 1 aliphatic carbocycles. The molecule has 2 aliphatic rings. The molecule has 0 radical (unpaired) electrons. The maximum absolute atomic E-state index is 11.7. The molecule has 0 aromatic carbocycles. The summed E-state index contributed by atoms with van der Waals surface area (Å²) in [6.45, 7) is 4.18. The second-order valence-corrected chi connectivity index (χ2v) is 4.40. The minimum absolute atomic E-state index is 0.000208. The van der Waals surface area contributed by atoms with Crippen LogP contribution in [0.4, 0.5) is 0 Å². The summed E-state index contributed by atoms with van der Waals surface area (Å²) in [6, 6.07) is -0.247. The normalized spacial score (nSPS) is 30.1. The first-order valence-corrected chi connectivity index (χ1v) is 5.18. The fraction of sp³-hybridized carbons (Fsp3) is 0.800. The van der Waals surface area contributed by atoms with Gasteiger partial charge >= 0.3 is 0 Å². The van der Waals surface area contributed by atoms with Crippen molar-refractivity contribution in [2.24, 2.45) is 0 Å². The summed E-state index contributed by atoms with van der Waals surface area (Å²) < 4.78 is 0. The third-order valence-electron chi connectivity index (χ3n) is 3.24. The minimum atomic E-state index is -0.247. The Morgan fingerprint density at radius 3 is 2.64 bits per heavy atom. The highest BCUT2D eigenvalue weighted by atomic mass is 16.2. The van der Waals surface area contributed by atoms with Crippen LogP contribution in [-0.2, 0) is 9.59 Å². The zero-order valence-electron chi connectivity index (χ0n) is 8.67. The maximum Gasteiger partial charge on any atom is 0.243 e. The molecule has 1 heterocycles. The summed E-state index contributed by atoms with van der Waals surface area (Å²) in [5, 5.41) is 2.63. The quantitative estimate of drug-likeness (QED) is 0.689. The molecule has 4 nitrogen and oxygen atoms in total. The molecule has 0 bridgehead atoms. The van der Waals surface area contributed by atoms with Gasteiger partial charge in [-0.2, -0.15) is 0 Å². The van der Waals surface area contributed by atoms with Gasteiger partial charge in [-0.15, -0.1) is 0 Å². The number of nitrogens with zero attached hydrogens (tertiary/aromatic N) is 1. The SMILES string of the molecule is CCC1C(=O)NCC(=O)N1C1(C)CC1. The summed E-state index contributed by atoms with van der Waals surface area (Å²) in [4.78, 5) is 25.1. The van der Waals surface area contributed by atoms with Gasteiger partial charge in [0.1, 0.15) is 6.04 Å². The first-order valence-electron chi connectivity index (χ1n) is 5.18. The monoisotopic (exact) mass is 196 g/mol. The molecule has 1 saturated carbocycles. The Hall–Kier alpha value is -1.06. The van der Waals surface area contributed by atoms with Crippen LogP contribution >= 0.6 is 0 Å². The molecule has 78 valence electrons. The van der Waals surface area contributed by atoms with Crippen molar-refractivity contribution in [2.75, 3.05) is 6.54 Å². The summed E-state index contributed by atoms with van der Waals surface area (Å²) in [5.41, 5.74) is -0.0322. The number of carbonyl (C=O) groups is 2. The standard InChI is InChI=1S/C10H16N2O2/c1-3-7-9(14)11-6-8(13)12(7)10(2)4-5-10/h7H,3-6H2,1-2H3,(H,11,14). The van der Waals surface area contributed by atoms with Crippen LogP contribution in [0.5, 0.6) is 0 Å². The van der Waals surface area contributed by atoms with Crippen molar-refractivity contribution in [3.63, 3.8) is 0 Å². The topological polar surface area (TPSA) is 49.4 Å². The molecular weight excluding hydrogens is 180 g/mol. The first-order chi connectivity index (χ1) is 6.58. The highest BCUT2D eigenvalue weighted by Crippen LogP contribution is 2.43. The molecule has 1 aliphatic heterocycles. The molecule has 2 rings (SSSR count). The molecule has 14 heavy (non-hydrogen) atoms. The molecule has 2 fully saturated rings. The van der Waals surface area contributed by atoms with E-state index in [4.69, 9.17) is 0 Å². The summed E-state index contributed by atoms with van der Waals surface area (Å²) in [7, 11) is 0. The largest absolute Gasteiger partial charge is 0.345 e. The van der Waals surface area contributed by atoms with Crippen molar-refractivity contribution in [3.8, 4) is 0 Å². The van der Waals surface area contributed by atoms with Crippen LogP contribution in [0.3, 0.4) is 0 Å². The van der Waals surface area contributed by atoms with Crippen LogP contribution in [-0.4, -0.2) is 34.8 Å². The fourth-order valence-corrected chi connectivity index (χ4v) is 2.12. The molecule has 1 unspecified atom stereocenters. The maximum atomic E-state index is 11.7. The number of hydrogen-bond acceptors (Lipinski definition) is 2. The van der Waals surface area contributed by atoms with E-state index in [9.17, 15) is 9.59 Å². The lowest BCUT2D eigenvalue weighted by Crippen LogP contribution is -2.61. The number of nitrogens with one attached hydrogen (secondary N) is 1. The second kappa shape index (κ2) is 2.97. The number of carbonyl (C=O) groups excluding carboxylic acids is 2. The van der Waals surface area contributed by atoms with Crippen LogP contribution in [0.2, 0.25) is 0 Å². The zero-order valence-corrected chi connectivity index (χ0v) is 8.67. The zero-order chi connectivity index (χ0) is 10.3. The van der Waals surface area contributed by atoms with E-state index in [1.807, 2.05) is 6.92 Å². The van der Waals surface area contributed by atoms with E-state index in [-0.39, 0.29) is 29.9 Å². The number of hydrogen-bond donors (Lipinski definition) is 1. The lowest BCUT2D eigenvalue weighted by molar-refractivity contribution is -0.149. The Kier molecular flexibility index (Phi) is 2.01. The van der Waals surface area contributed by atoms with Gasteiger partial charge in [0, 0.05) is 5.54 Å². The Morgan fingerprint density at radius 2 is 2.14 bits per heavy atom. The number of amides is 2. The third kappa shape index (κ3) is 1.29. The smallest absolute Gasteiger partial charge is 0.243 e. The molecule has 0 aromatic heterocycles. The van der Waals surface area contributed by atoms with E-state index in [0.29, 0.717) is 6.42 Å². The van der Waals surface area contributed by atoms with Crippen molar-refractivity contribution >= 4 is 11.8 Å². The van der Waals surface area contributed by atoms with E-state index in [1.165, 1.54) is 0 Å². The van der Waals surface area contributed by atoms with Crippen molar-refractivity contribution in [3.05, 3.63) is 0 Å². The molecule has 0 spiro atoms. The summed E-state index contributed by atoms with van der Waals surface area (Å²) in [5.74, 6) is 0.0664. The third-order valence-corrected chi connectivity index (χ3v) is 3.24. The van der Waals surface area contributed by atoms with Gasteiger partial charge in [0.2, 0.25) is 11.8 Å². The predicted octanol–water partition coefficient (Wildman–Crippen LogP) is 0.276. The molecule has 1 atom stereocenters. The van der Waals surface area contributed by atoms with E-state index in [1.54, 1.807) is 4.90 Å². The average molecular weight is 196 g/mol. The van der Waals surface area contributed by atoms with Gasteiger partial charge in [0.05, 0.1) is 6.54 Å². The van der Waals surface area contributed by atoms with E-state index in [2.05, 4.69) is 12.2 Å². The second-order valence-electron chi connectivity index (χ2n) is 4.40. The van der Waals surface area contributed by atoms with Crippen molar-refractivity contribution < 1.29 is 9.59 Å². The van der Waals surface area contributed by atoms with Crippen LogP contribution in [0.1, 0.15) is 33.1 Å². The summed E-state index contributed by atoms with van der Waals surface area (Å²) in [6.07, 6.45) is 2.76. The Bertz CT molecular complexity index is 284. The van der Waals surface area contributed by atoms with E-state index < -0.39 is 0 Å². The highest BCUT2D eigenvalue weighted by Gasteiger charge is 2.51. The molecule has 4 heteroatoms. The van der Waals surface area contributed by atoms with E-state index in [0.717, 1.165) is 12.8 Å². The van der Waals surface area contributed by atoms with E-state index >= 15 is 0 Å². The van der Waals surface area contributed by atoms with Crippen molar-refractivity contribution in [2.45, 2.75) is 44.7 Å². The molecule has 2 amide bonds. The predicted molar refractivity (Wildman–Crippen MR) is 51.6 cm³/mol. The lowest BCUT2D eigenvalue weighted by Gasteiger charge is -2.39. The highest BCUT2D eigenvalue weighted by molar-refractivity contribution is 5.95. The van der Waals surface area contributed by atoms with Crippen LogP contribution < -0.4 is 5.32 Å². The van der Waals surface area contributed by atoms with Gasteiger partial charge in [0.15, 0.2) is 0 Å². The van der Waals surface area contributed by atoms with Crippen molar-refractivity contribution in [1.29, 1.82) is 0 Å². The minimum Gasteiger partial charge on any atom is -0.345 e. The molecule has 1 N–H and O–H groups in total. The van der Waals surface area contributed by atoms with Gasteiger partial charge < -0.3 is 10.2 Å². The lowest BCUT2D eigenvalue weighted by atomic mass is 10.1. The molecule has 0 aromatic rings. The van der Waals surface area contributed by atoms with Crippen molar-refractivity contribution in [1.82, 2.24) is 10.2 Å². The first kappa shape index (κ1) is 9.49. The van der Waals surface area contributed by atoms with Crippen LogP contribution in [0, 0.1) is 0 Å². The molecular formula is C10H16N2O2. The van der Waals surface area contributed by atoms with Crippen LogP contribution in [0.15, 0.2) is 0 Å². The molecule has 1 saturated heterocycles. The Balaban J connectivity index is 2.23. The average Bonchev–Trinajstić information content (AvgIpc) is 2.88. The number of piperazine rings is 1. The van der Waals surface area contributed by atoms with Gasteiger partial charge in [-0.05, 0) is 26.2 Å². The summed E-state index contributed by atoms with van der Waals surface area (Å²) >= 11 is 0. The fourth-order valence-electron chi connectivity index (χ4n) is 2.12. The van der Waals surface area contributed by atoms with Gasteiger partial charge in [0.25, 0.3) is 0 Å². The van der Waals surface area contributed by atoms with Gasteiger partial charge in [-0.25, -0.2) is 0 Å².